The van der Waals surface area contributed by atoms with Crippen LogP contribution >= 0.6 is 0 Å². The molecule has 0 radical (unpaired) electrons. The summed E-state index contributed by atoms with van der Waals surface area (Å²) in [5.74, 6) is 0. The fourth-order valence-corrected chi connectivity index (χ4v) is 0.866. The predicted octanol–water partition coefficient (Wildman–Crippen LogP) is 2.24. The summed E-state index contributed by atoms with van der Waals surface area (Å²) in [5, 5.41) is 2.85. The van der Waals surface area contributed by atoms with Gasteiger partial charge in [0.25, 0.3) is 0 Å². The second-order valence-electron chi connectivity index (χ2n) is 1.11. The van der Waals surface area contributed by atoms with E-state index in [0.29, 0.717) is 0 Å². The molecule has 0 aromatic heterocycles. The molecule has 0 fully saturated rings. The molecule has 0 saturated heterocycles. The molecule has 1 N–H and O–H groups in total. The molecule has 0 rings (SSSR count). The summed E-state index contributed by atoms with van der Waals surface area (Å²) in [4.78, 5) is 0. The molecular formula is C5H14AlN. The summed E-state index contributed by atoms with van der Waals surface area (Å²) < 4.78 is 0. The SMILES string of the molecule is C[CH2][Al+][CH2]C.C[NH-]. The zero-order chi connectivity index (χ0) is 6.12. The Hall–Kier alpha value is 0.492. The molecule has 0 aliphatic rings. The van der Waals surface area contributed by atoms with Gasteiger partial charge in [-0.3, -0.25) is 0 Å². The maximum atomic E-state index is 5.75. The standard InChI is InChI=1S/2C2H5.CH4N.Al/c3*1-2;/h2*1H2,2H3;2H,1H3;/q;;-1;+1. The molecule has 2 heteroatoms. The van der Waals surface area contributed by atoms with Crippen molar-refractivity contribution in [1.29, 1.82) is 0 Å². The molecule has 0 aromatic carbocycles. The largest absolute Gasteiger partial charge is 0.680 e. The third kappa shape index (κ3) is 21.1. The van der Waals surface area contributed by atoms with Crippen molar-refractivity contribution in [3.63, 3.8) is 0 Å². The van der Waals surface area contributed by atoms with Crippen molar-refractivity contribution in [2.24, 2.45) is 0 Å². The van der Waals surface area contributed by atoms with Gasteiger partial charge >= 0.3 is 39.6 Å². The van der Waals surface area contributed by atoms with E-state index in [2.05, 4.69) is 13.8 Å². The molecule has 0 unspecified atom stereocenters. The van der Waals surface area contributed by atoms with Crippen LogP contribution in [0.2, 0.25) is 10.6 Å². The minimum absolute atomic E-state index is 0.815. The van der Waals surface area contributed by atoms with Crippen LogP contribution < -0.4 is 0 Å². The average Bonchev–Trinajstić information content (AvgIpc) is 1.75. The molecule has 1 nitrogen and oxygen atoms in total. The van der Waals surface area contributed by atoms with Gasteiger partial charge in [0.15, 0.2) is 0 Å². The van der Waals surface area contributed by atoms with E-state index < -0.39 is 0 Å². The van der Waals surface area contributed by atoms with Crippen molar-refractivity contribution in [1.82, 2.24) is 0 Å². The molecule has 42 valence electrons. The van der Waals surface area contributed by atoms with Crippen LogP contribution in [-0.4, -0.2) is 22.3 Å². The third-order valence-corrected chi connectivity index (χ3v) is 1.73. The van der Waals surface area contributed by atoms with Crippen molar-refractivity contribution in [3.05, 3.63) is 5.73 Å². The monoisotopic (exact) mass is 115 g/mol. The summed E-state index contributed by atoms with van der Waals surface area (Å²) >= 11 is 0.815. The van der Waals surface area contributed by atoms with E-state index in [4.69, 9.17) is 5.73 Å². The van der Waals surface area contributed by atoms with Gasteiger partial charge in [-0.25, -0.2) is 0 Å². The van der Waals surface area contributed by atoms with E-state index in [1.54, 1.807) is 0 Å². The number of hydrogen-bond donors (Lipinski definition) is 0. The van der Waals surface area contributed by atoms with Gasteiger partial charge in [-0.2, -0.15) is 7.05 Å². The fraction of sp³-hybridized carbons (Fsp3) is 1.00. The van der Waals surface area contributed by atoms with Gasteiger partial charge in [0.05, 0.1) is 0 Å². The van der Waals surface area contributed by atoms with Gasteiger partial charge in [-0.1, -0.05) is 0 Å². The molecule has 0 bridgehead atoms. The summed E-state index contributed by atoms with van der Waals surface area (Å²) in [6.07, 6.45) is 0. The Morgan fingerprint density at radius 3 is 1.43 bits per heavy atom. The Balaban J connectivity index is 0. The van der Waals surface area contributed by atoms with Gasteiger partial charge in [0.2, 0.25) is 0 Å². The van der Waals surface area contributed by atoms with Crippen LogP contribution in [0.25, 0.3) is 5.73 Å². The van der Waals surface area contributed by atoms with Gasteiger partial charge in [0, 0.05) is 0 Å². The minimum Gasteiger partial charge on any atom is -0.680 e. The maximum Gasteiger partial charge on any atom is -0.164 e. The summed E-state index contributed by atoms with van der Waals surface area (Å²) in [6, 6.07) is 0. The first-order valence-electron chi connectivity index (χ1n) is 2.73. The van der Waals surface area contributed by atoms with Crippen LogP contribution in [0.15, 0.2) is 0 Å². The number of rotatable bonds is 2. The Bertz CT molecular complexity index is 15.6. The predicted molar refractivity (Wildman–Crippen MR) is 37.0 cm³/mol. The van der Waals surface area contributed by atoms with Crippen molar-refractivity contribution < 1.29 is 0 Å². The number of nitrogens with one attached hydrogen (secondary N) is 1. The molecule has 0 amide bonds. The van der Waals surface area contributed by atoms with E-state index in [1.807, 2.05) is 0 Å². The zero-order valence-electron chi connectivity index (χ0n) is 5.49. The first kappa shape index (κ1) is 10.5. The zero-order valence-corrected chi connectivity index (χ0v) is 6.65. The minimum atomic E-state index is 0.815. The van der Waals surface area contributed by atoms with Gasteiger partial charge in [-0.15, -0.1) is 0 Å². The van der Waals surface area contributed by atoms with E-state index in [9.17, 15) is 0 Å². The molecule has 0 heterocycles. The van der Waals surface area contributed by atoms with Gasteiger partial charge in [0.1, 0.15) is 0 Å². The Morgan fingerprint density at radius 2 is 1.43 bits per heavy atom. The van der Waals surface area contributed by atoms with E-state index >= 15 is 0 Å². The molecule has 0 spiro atoms. The quantitative estimate of drug-likeness (QED) is 0.493. The van der Waals surface area contributed by atoms with Crippen molar-refractivity contribution in [2.45, 2.75) is 24.4 Å². The second-order valence-corrected chi connectivity index (χ2v) is 3.32. The molecule has 0 saturated carbocycles. The number of hydrogen-bond acceptors (Lipinski definition) is 0. The van der Waals surface area contributed by atoms with E-state index in [-0.39, 0.29) is 0 Å². The normalized spacial score (nSPS) is 5.71. The van der Waals surface area contributed by atoms with Crippen LogP contribution in [-0.2, 0) is 0 Å². The van der Waals surface area contributed by atoms with Crippen LogP contribution in [0.3, 0.4) is 0 Å². The van der Waals surface area contributed by atoms with Gasteiger partial charge in [-0.05, 0) is 0 Å². The fourth-order valence-electron chi connectivity index (χ4n) is 0.289. The second kappa shape index (κ2) is 16.1. The van der Waals surface area contributed by atoms with Gasteiger partial charge < -0.3 is 5.73 Å². The Kier molecular flexibility index (Phi) is 24.0. The van der Waals surface area contributed by atoms with Crippen LogP contribution in [0, 0.1) is 0 Å². The molecular weight excluding hydrogens is 101 g/mol. The third-order valence-electron chi connectivity index (χ3n) is 0.577. The Morgan fingerprint density at radius 1 is 1.14 bits per heavy atom. The molecule has 0 aliphatic carbocycles. The first-order valence-corrected chi connectivity index (χ1v) is 4.36. The topological polar surface area (TPSA) is 23.8 Å². The molecule has 0 aromatic rings. The van der Waals surface area contributed by atoms with Crippen molar-refractivity contribution >= 4 is 15.2 Å². The maximum absolute atomic E-state index is 5.75. The van der Waals surface area contributed by atoms with E-state index in [0.717, 1.165) is 15.2 Å². The smallest absolute Gasteiger partial charge is 0.164 e. The first-order chi connectivity index (χ1) is 3.41. The molecule has 7 heavy (non-hydrogen) atoms. The Labute approximate surface area is 53.0 Å². The molecule has 0 aliphatic heterocycles. The summed E-state index contributed by atoms with van der Waals surface area (Å²) in [6.45, 7) is 4.50. The van der Waals surface area contributed by atoms with Crippen LogP contribution in [0.1, 0.15) is 13.8 Å². The summed E-state index contributed by atoms with van der Waals surface area (Å²) in [5.41, 5.74) is 5.75. The van der Waals surface area contributed by atoms with E-state index in [1.165, 1.54) is 17.6 Å². The van der Waals surface area contributed by atoms with Crippen LogP contribution in [0.4, 0.5) is 0 Å². The van der Waals surface area contributed by atoms with Crippen molar-refractivity contribution in [3.8, 4) is 0 Å². The molecule has 0 atom stereocenters. The van der Waals surface area contributed by atoms with Crippen LogP contribution in [0.5, 0.6) is 0 Å². The average molecular weight is 115 g/mol. The summed E-state index contributed by atoms with van der Waals surface area (Å²) in [7, 11) is 1.25. The van der Waals surface area contributed by atoms with Crippen molar-refractivity contribution in [2.75, 3.05) is 7.05 Å².